The number of aryl methyl sites for hydroxylation is 2. The Morgan fingerprint density at radius 2 is 1.90 bits per heavy atom. The Bertz CT molecular complexity index is 568. The van der Waals surface area contributed by atoms with E-state index in [2.05, 4.69) is 21.0 Å². The second kappa shape index (κ2) is 6.17. The Kier molecular flexibility index (Phi) is 4.70. The topological polar surface area (TPSA) is 58.4 Å². The molecule has 1 aromatic heterocycles. The summed E-state index contributed by atoms with van der Waals surface area (Å²) in [5.41, 5.74) is 1.83. The smallest absolute Gasteiger partial charge is 0.312 e. The summed E-state index contributed by atoms with van der Waals surface area (Å²) in [6.07, 6.45) is 0. The lowest BCUT2D eigenvalue weighted by Crippen LogP contribution is -2.56. The molecule has 0 N–H and O–H groups in total. The highest BCUT2D eigenvalue weighted by Crippen LogP contribution is 2.23. The van der Waals surface area contributed by atoms with Gasteiger partial charge in [-0.1, -0.05) is 0 Å². The summed E-state index contributed by atoms with van der Waals surface area (Å²) in [4.78, 5) is 27.6. The number of amides is 2. The van der Waals surface area contributed by atoms with Gasteiger partial charge in [0.1, 0.15) is 0 Å². The van der Waals surface area contributed by atoms with E-state index in [1.807, 2.05) is 32.4 Å². The van der Waals surface area contributed by atoms with Crippen molar-refractivity contribution >= 4 is 27.7 Å². The van der Waals surface area contributed by atoms with Crippen molar-refractivity contribution in [3.8, 4) is 0 Å². The highest BCUT2D eigenvalue weighted by Gasteiger charge is 2.34. The van der Waals surface area contributed by atoms with Crippen LogP contribution in [0.4, 0.5) is 0 Å². The molecule has 0 spiro atoms. The van der Waals surface area contributed by atoms with Crippen molar-refractivity contribution in [2.45, 2.75) is 46.8 Å². The van der Waals surface area contributed by atoms with Gasteiger partial charge in [0.05, 0.1) is 22.4 Å². The summed E-state index contributed by atoms with van der Waals surface area (Å²) in [7, 11) is 0. The van der Waals surface area contributed by atoms with E-state index in [1.54, 1.807) is 9.80 Å². The fourth-order valence-electron chi connectivity index (χ4n) is 2.53. The van der Waals surface area contributed by atoms with Crippen LogP contribution < -0.4 is 0 Å². The van der Waals surface area contributed by atoms with E-state index in [1.165, 1.54) is 0 Å². The van der Waals surface area contributed by atoms with E-state index in [9.17, 15) is 9.59 Å². The van der Waals surface area contributed by atoms with E-state index in [0.29, 0.717) is 19.6 Å². The average molecular weight is 357 g/mol. The second-order valence-corrected chi connectivity index (χ2v) is 6.27. The molecule has 2 amide bonds. The third kappa shape index (κ3) is 2.97. The summed E-state index contributed by atoms with van der Waals surface area (Å²) in [5, 5.41) is 4.42. The van der Waals surface area contributed by atoms with Crippen LogP contribution in [-0.2, 0) is 22.7 Å². The van der Waals surface area contributed by atoms with Crippen LogP contribution in [-0.4, -0.2) is 50.5 Å². The van der Waals surface area contributed by atoms with Gasteiger partial charge in [0.2, 0.25) is 0 Å². The van der Waals surface area contributed by atoms with Gasteiger partial charge in [-0.15, -0.1) is 0 Å². The first-order valence-corrected chi connectivity index (χ1v) is 7.97. The molecule has 2 rings (SSSR count). The molecular formula is C14H21BrN4O2. The second-order valence-electron chi connectivity index (χ2n) is 5.48. The Balaban J connectivity index is 2.18. The molecule has 0 bridgehead atoms. The van der Waals surface area contributed by atoms with E-state index in [0.717, 1.165) is 22.4 Å². The predicted octanol–water partition coefficient (Wildman–Crippen LogP) is 1.55. The van der Waals surface area contributed by atoms with Gasteiger partial charge in [-0.25, -0.2) is 0 Å². The van der Waals surface area contributed by atoms with Gasteiger partial charge in [-0.05, 0) is 43.6 Å². The van der Waals surface area contributed by atoms with Crippen molar-refractivity contribution < 1.29 is 9.59 Å². The number of aromatic nitrogens is 2. The lowest BCUT2D eigenvalue weighted by molar-refractivity contribution is -0.157. The molecule has 0 unspecified atom stereocenters. The highest BCUT2D eigenvalue weighted by molar-refractivity contribution is 9.10. The summed E-state index contributed by atoms with van der Waals surface area (Å²) in [5.74, 6) is -0.838. The van der Waals surface area contributed by atoms with Crippen molar-refractivity contribution in [3.63, 3.8) is 0 Å². The van der Waals surface area contributed by atoms with Crippen molar-refractivity contribution in [3.05, 3.63) is 15.9 Å². The van der Waals surface area contributed by atoms with Gasteiger partial charge >= 0.3 is 11.8 Å². The Labute approximate surface area is 133 Å². The fourth-order valence-corrected chi connectivity index (χ4v) is 2.94. The molecule has 1 aromatic rings. The first-order chi connectivity index (χ1) is 9.86. The zero-order chi connectivity index (χ0) is 15.7. The average Bonchev–Trinajstić information content (AvgIpc) is 2.71. The molecule has 1 fully saturated rings. The zero-order valence-corrected chi connectivity index (χ0v) is 14.5. The Hall–Kier alpha value is -1.37. The van der Waals surface area contributed by atoms with Crippen molar-refractivity contribution in [2.24, 2.45) is 0 Å². The first kappa shape index (κ1) is 16.0. The molecule has 7 heteroatoms. The molecule has 21 heavy (non-hydrogen) atoms. The first-order valence-electron chi connectivity index (χ1n) is 7.18. The molecule has 1 aliphatic rings. The van der Waals surface area contributed by atoms with Crippen LogP contribution >= 0.6 is 15.9 Å². The molecule has 116 valence electrons. The number of hydrogen-bond donors (Lipinski definition) is 0. The third-order valence-corrected chi connectivity index (χ3v) is 4.79. The Morgan fingerprint density at radius 1 is 1.24 bits per heavy atom. The summed E-state index contributed by atoms with van der Waals surface area (Å²) >= 11 is 3.52. The lowest BCUT2D eigenvalue weighted by atomic mass is 10.2. The van der Waals surface area contributed by atoms with Crippen LogP contribution in [0.5, 0.6) is 0 Å². The minimum atomic E-state index is -0.427. The van der Waals surface area contributed by atoms with E-state index >= 15 is 0 Å². The number of halogens is 1. The number of carbonyl (C=O) groups excluding carboxylic acids is 2. The summed E-state index contributed by atoms with van der Waals surface area (Å²) in [6, 6.07) is 0.0544. The number of nitrogens with zero attached hydrogens (tertiary/aromatic N) is 4. The van der Waals surface area contributed by atoms with Gasteiger partial charge in [0.15, 0.2) is 0 Å². The highest BCUT2D eigenvalue weighted by atomic mass is 79.9. The van der Waals surface area contributed by atoms with Crippen LogP contribution in [0.25, 0.3) is 0 Å². The monoisotopic (exact) mass is 356 g/mol. The van der Waals surface area contributed by atoms with Gasteiger partial charge < -0.3 is 9.80 Å². The van der Waals surface area contributed by atoms with Crippen LogP contribution in [0.3, 0.4) is 0 Å². The minimum Gasteiger partial charge on any atom is -0.330 e. The van der Waals surface area contributed by atoms with Crippen LogP contribution in [0, 0.1) is 6.92 Å². The molecular weight excluding hydrogens is 336 g/mol. The van der Waals surface area contributed by atoms with Gasteiger partial charge in [0, 0.05) is 25.7 Å². The maximum atomic E-state index is 12.3. The zero-order valence-electron chi connectivity index (χ0n) is 12.9. The SMILES string of the molecule is CCn1nc(C)c(Br)c1CN1CCN(C(C)C)C(=O)C1=O. The summed E-state index contributed by atoms with van der Waals surface area (Å²) < 4.78 is 2.78. The Morgan fingerprint density at radius 3 is 2.48 bits per heavy atom. The molecule has 0 aromatic carbocycles. The van der Waals surface area contributed by atoms with Crippen molar-refractivity contribution in [1.82, 2.24) is 19.6 Å². The largest absolute Gasteiger partial charge is 0.330 e. The molecule has 0 aliphatic carbocycles. The number of hydrogen-bond acceptors (Lipinski definition) is 3. The third-order valence-electron chi connectivity index (χ3n) is 3.76. The van der Waals surface area contributed by atoms with E-state index in [-0.39, 0.29) is 6.04 Å². The van der Waals surface area contributed by atoms with Crippen LogP contribution in [0.15, 0.2) is 4.47 Å². The quantitative estimate of drug-likeness (QED) is 0.769. The normalized spacial score (nSPS) is 16.3. The molecule has 0 saturated carbocycles. The maximum absolute atomic E-state index is 12.3. The number of carbonyl (C=O) groups is 2. The molecule has 6 nitrogen and oxygen atoms in total. The van der Waals surface area contributed by atoms with Crippen LogP contribution in [0.2, 0.25) is 0 Å². The molecule has 0 radical (unpaired) electrons. The fraction of sp³-hybridized carbons (Fsp3) is 0.643. The molecule has 1 aliphatic heterocycles. The van der Waals surface area contributed by atoms with E-state index < -0.39 is 11.8 Å². The molecule has 2 heterocycles. The minimum absolute atomic E-state index is 0.0544. The number of piperazine rings is 1. The predicted molar refractivity (Wildman–Crippen MR) is 82.6 cm³/mol. The lowest BCUT2D eigenvalue weighted by Gasteiger charge is -2.36. The summed E-state index contributed by atoms with van der Waals surface area (Å²) in [6.45, 7) is 10.1. The van der Waals surface area contributed by atoms with Gasteiger partial charge in [0.25, 0.3) is 0 Å². The van der Waals surface area contributed by atoms with Crippen LogP contribution in [0.1, 0.15) is 32.2 Å². The number of rotatable bonds is 4. The maximum Gasteiger partial charge on any atom is 0.312 e. The molecule has 1 saturated heterocycles. The van der Waals surface area contributed by atoms with Crippen molar-refractivity contribution in [1.29, 1.82) is 0 Å². The van der Waals surface area contributed by atoms with Crippen molar-refractivity contribution in [2.75, 3.05) is 13.1 Å². The van der Waals surface area contributed by atoms with Gasteiger partial charge in [-0.3, -0.25) is 14.3 Å². The van der Waals surface area contributed by atoms with E-state index in [4.69, 9.17) is 0 Å². The molecule has 0 atom stereocenters. The van der Waals surface area contributed by atoms with Gasteiger partial charge in [-0.2, -0.15) is 5.10 Å². The standard InChI is InChI=1S/C14H21BrN4O2/c1-5-19-11(12(15)10(4)16-19)8-17-6-7-18(9(2)3)14(21)13(17)20/h9H,5-8H2,1-4H3.